The van der Waals surface area contributed by atoms with Gasteiger partial charge < -0.3 is 0 Å². The Labute approximate surface area is 127 Å². The first-order valence-electron chi connectivity index (χ1n) is 5.91. The van der Waals surface area contributed by atoms with Crippen LogP contribution in [0.3, 0.4) is 0 Å². The van der Waals surface area contributed by atoms with Crippen LogP contribution < -0.4 is 0 Å². The van der Waals surface area contributed by atoms with Gasteiger partial charge in [-0.25, -0.2) is 0 Å². The molecule has 0 atom stereocenters. The van der Waals surface area contributed by atoms with Crippen LogP contribution in [0.1, 0.15) is 78.1 Å². The summed E-state index contributed by atoms with van der Waals surface area (Å²) in [5, 5.41) is 0. The number of hydrogen-bond donors (Lipinski definition) is 0. The van der Waals surface area contributed by atoms with Crippen molar-refractivity contribution in [2.45, 2.75) is 78.1 Å². The fourth-order valence-corrected chi connectivity index (χ4v) is 1.56. The molecular formula is C12H30Cl4. The van der Waals surface area contributed by atoms with Crippen molar-refractivity contribution in [2.24, 2.45) is 0 Å². The van der Waals surface area contributed by atoms with Crippen LogP contribution in [-0.4, -0.2) is 0 Å². The molecule has 0 bridgehead atoms. The van der Waals surface area contributed by atoms with Crippen LogP contribution in [0, 0.1) is 0 Å². The molecule has 0 radical (unpaired) electrons. The molecule has 0 aromatic heterocycles. The Bertz CT molecular complexity index is 59.9. The van der Waals surface area contributed by atoms with Crippen LogP contribution >= 0.6 is 49.6 Å². The summed E-state index contributed by atoms with van der Waals surface area (Å²) in [6.45, 7) is 4.46. The molecule has 0 aromatic rings. The van der Waals surface area contributed by atoms with Gasteiger partial charge in [0, 0.05) is 0 Å². The van der Waals surface area contributed by atoms with Crippen molar-refractivity contribution < 1.29 is 0 Å². The van der Waals surface area contributed by atoms with E-state index >= 15 is 0 Å². The van der Waals surface area contributed by atoms with E-state index in [9.17, 15) is 0 Å². The van der Waals surface area contributed by atoms with E-state index in [0.29, 0.717) is 0 Å². The van der Waals surface area contributed by atoms with Gasteiger partial charge >= 0.3 is 0 Å². The minimum Gasteiger partial charge on any atom is -0.147 e. The zero-order chi connectivity index (χ0) is 9.07. The second-order valence-corrected chi connectivity index (χ2v) is 3.83. The maximum atomic E-state index is 2.23. The normalized spacial score (nSPS) is 12.4. The first-order valence-corrected chi connectivity index (χ1v) is 5.91. The minimum atomic E-state index is 0. The molecule has 16 heavy (non-hydrogen) atoms. The maximum absolute atomic E-state index is 2.23. The van der Waals surface area contributed by atoms with E-state index in [0.717, 1.165) is 0 Å². The van der Waals surface area contributed by atoms with Crippen LogP contribution in [0.5, 0.6) is 0 Å². The monoisotopic (exact) mass is 314 g/mol. The molecule has 1 fully saturated rings. The number of halogens is 4. The summed E-state index contributed by atoms with van der Waals surface area (Å²) in [7, 11) is 0. The highest BCUT2D eigenvalue weighted by molar-refractivity contribution is 5.86. The van der Waals surface area contributed by atoms with E-state index in [-0.39, 0.29) is 49.6 Å². The lowest BCUT2D eigenvalue weighted by Gasteiger charge is -2.05. The van der Waals surface area contributed by atoms with Gasteiger partial charge in [0.25, 0.3) is 0 Å². The summed E-state index contributed by atoms with van der Waals surface area (Å²) in [5.41, 5.74) is 0. The Morgan fingerprint density at radius 1 is 0.500 bits per heavy atom. The van der Waals surface area contributed by atoms with Gasteiger partial charge in [-0.2, -0.15) is 0 Å². The third kappa shape index (κ3) is 29.4. The van der Waals surface area contributed by atoms with Gasteiger partial charge in [0.15, 0.2) is 0 Å². The van der Waals surface area contributed by atoms with Gasteiger partial charge in [-0.3, -0.25) is 0 Å². The minimum absolute atomic E-state index is 0. The molecular weight excluding hydrogens is 286 g/mol. The lowest BCUT2D eigenvalue weighted by molar-refractivity contribution is 0.504. The largest absolute Gasteiger partial charge is 0.147 e. The number of hydrogen-bond acceptors (Lipinski definition) is 0. The molecule has 1 rings (SSSR count). The number of unbranched alkanes of at least 4 members (excludes halogenated alkanes) is 3. The Morgan fingerprint density at radius 2 is 0.688 bits per heavy atom. The Balaban J connectivity index is -0.0000000403. The molecule has 0 aliphatic heterocycles. The fraction of sp³-hybridized carbons (Fsp3) is 1.00. The molecule has 1 aliphatic carbocycles. The molecule has 0 nitrogen and oxygen atoms in total. The van der Waals surface area contributed by atoms with E-state index in [1.807, 2.05) is 0 Å². The molecule has 0 unspecified atom stereocenters. The van der Waals surface area contributed by atoms with Crippen molar-refractivity contribution in [1.82, 2.24) is 0 Å². The van der Waals surface area contributed by atoms with Gasteiger partial charge in [0.1, 0.15) is 0 Å². The first kappa shape index (κ1) is 30.3. The van der Waals surface area contributed by atoms with Gasteiger partial charge in [-0.15, -0.1) is 49.6 Å². The van der Waals surface area contributed by atoms with Crippen molar-refractivity contribution in [2.75, 3.05) is 0 Å². The second-order valence-electron chi connectivity index (χ2n) is 3.83. The van der Waals surface area contributed by atoms with Crippen LogP contribution in [0.15, 0.2) is 0 Å². The molecule has 0 saturated heterocycles. The quantitative estimate of drug-likeness (QED) is 0.514. The zero-order valence-electron chi connectivity index (χ0n) is 10.7. The molecule has 0 aromatic carbocycles. The van der Waals surface area contributed by atoms with E-state index < -0.39 is 0 Å². The summed E-state index contributed by atoms with van der Waals surface area (Å²) < 4.78 is 0. The SMILES string of the molecule is C1CCCCC1.CCCCCC.Cl.Cl.Cl.Cl. The Kier molecular flexibility index (Phi) is 56.5. The van der Waals surface area contributed by atoms with Crippen LogP contribution in [0.4, 0.5) is 0 Å². The van der Waals surface area contributed by atoms with Gasteiger partial charge in [0.2, 0.25) is 0 Å². The summed E-state index contributed by atoms with van der Waals surface area (Å²) >= 11 is 0. The zero-order valence-corrected chi connectivity index (χ0v) is 14.0. The average Bonchev–Trinajstić information content (AvgIpc) is 2.18. The lowest BCUT2D eigenvalue weighted by atomic mass is 10.0. The molecule has 4 heteroatoms. The molecule has 1 saturated carbocycles. The van der Waals surface area contributed by atoms with E-state index in [4.69, 9.17) is 0 Å². The summed E-state index contributed by atoms with van der Waals surface area (Å²) in [5.74, 6) is 0. The lowest BCUT2D eigenvalue weighted by Crippen LogP contribution is -1.85. The summed E-state index contributed by atoms with van der Waals surface area (Å²) in [4.78, 5) is 0. The third-order valence-corrected chi connectivity index (χ3v) is 2.46. The molecule has 1 aliphatic rings. The average molecular weight is 316 g/mol. The smallest absolute Gasteiger partial charge is 0.0533 e. The Morgan fingerprint density at radius 3 is 0.812 bits per heavy atom. The molecule has 0 N–H and O–H groups in total. The molecule has 106 valence electrons. The van der Waals surface area contributed by atoms with Crippen LogP contribution in [-0.2, 0) is 0 Å². The van der Waals surface area contributed by atoms with Gasteiger partial charge in [0.05, 0.1) is 0 Å². The Hall–Kier alpha value is 1.16. The van der Waals surface area contributed by atoms with Crippen molar-refractivity contribution in [3.05, 3.63) is 0 Å². The summed E-state index contributed by atoms with van der Waals surface area (Å²) in [6, 6.07) is 0. The molecule has 0 amide bonds. The molecule has 0 spiro atoms. The van der Waals surface area contributed by atoms with E-state index in [1.165, 1.54) is 64.2 Å². The van der Waals surface area contributed by atoms with Crippen molar-refractivity contribution in [3.63, 3.8) is 0 Å². The predicted octanol–water partition coefficient (Wildman–Crippen LogP) is 6.61. The third-order valence-electron chi connectivity index (χ3n) is 2.46. The van der Waals surface area contributed by atoms with Gasteiger partial charge in [-0.1, -0.05) is 78.1 Å². The highest BCUT2D eigenvalue weighted by Crippen LogP contribution is 2.15. The standard InChI is InChI=1S/C6H12.C6H14.4ClH/c1-2-4-6-5-3-1;1-3-5-6-4-2;;;;/h1-6H2;3-6H2,1-2H3;4*1H. The van der Waals surface area contributed by atoms with E-state index in [2.05, 4.69) is 13.8 Å². The second kappa shape index (κ2) is 29.8. The topological polar surface area (TPSA) is 0 Å². The van der Waals surface area contributed by atoms with Crippen LogP contribution in [0.25, 0.3) is 0 Å². The first-order chi connectivity index (χ1) is 5.91. The maximum Gasteiger partial charge on any atom is -0.0533 e. The van der Waals surface area contributed by atoms with E-state index in [1.54, 1.807) is 0 Å². The van der Waals surface area contributed by atoms with Crippen molar-refractivity contribution in [3.8, 4) is 0 Å². The number of rotatable bonds is 3. The fourth-order valence-electron chi connectivity index (χ4n) is 1.56. The van der Waals surface area contributed by atoms with Crippen molar-refractivity contribution in [1.29, 1.82) is 0 Å². The van der Waals surface area contributed by atoms with Crippen molar-refractivity contribution >= 4 is 49.6 Å². The highest BCUT2D eigenvalue weighted by atomic mass is 35.5. The van der Waals surface area contributed by atoms with Crippen LogP contribution in [0.2, 0.25) is 0 Å². The highest BCUT2D eigenvalue weighted by Gasteiger charge is 1.95. The predicted molar refractivity (Wildman–Crippen MR) is 86.5 cm³/mol. The summed E-state index contributed by atoms with van der Waals surface area (Å²) in [6.07, 6.45) is 14.5. The molecule has 0 heterocycles. The van der Waals surface area contributed by atoms with Gasteiger partial charge in [-0.05, 0) is 0 Å².